The van der Waals surface area contributed by atoms with Gasteiger partial charge in [0.2, 0.25) is 0 Å². The van der Waals surface area contributed by atoms with Crippen LogP contribution in [0.5, 0.6) is 0 Å². The number of hydrogen-bond donors (Lipinski definition) is 1. The number of halogens is 5. The van der Waals surface area contributed by atoms with E-state index >= 15 is 0 Å². The molecule has 1 aromatic carbocycles. The Hall–Kier alpha value is -1.73. The lowest BCUT2D eigenvalue weighted by molar-refractivity contribution is -0.141. The molecule has 0 aliphatic rings. The zero-order chi connectivity index (χ0) is 15.6. The van der Waals surface area contributed by atoms with Gasteiger partial charge in [0.1, 0.15) is 11.5 Å². The molecule has 0 aliphatic carbocycles. The molecule has 2 rings (SSSR count). The fraction of sp³-hybridized carbons (Fsp3) is 0.167. The normalized spacial score (nSPS) is 12.7. The van der Waals surface area contributed by atoms with Crippen molar-refractivity contribution in [1.82, 2.24) is 9.78 Å². The van der Waals surface area contributed by atoms with Crippen LogP contribution in [0.2, 0.25) is 5.02 Å². The van der Waals surface area contributed by atoms with Crippen molar-refractivity contribution in [3.63, 3.8) is 0 Å². The van der Waals surface area contributed by atoms with E-state index in [1.807, 2.05) is 0 Å². The molecular formula is C12H9Cl2F3N4. The number of hydrogen-bond acceptors (Lipinski definition) is 2. The van der Waals surface area contributed by atoms with Crippen LogP contribution in [0.15, 0.2) is 35.5 Å². The molecule has 4 nitrogen and oxygen atoms in total. The van der Waals surface area contributed by atoms with Crippen LogP contribution in [-0.4, -0.2) is 21.5 Å². The smallest absolute Gasteiger partial charge is 0.386 e. The average molecular weight is 337 g/mol. The largest absolute Gasteiger partial charge is 0.435 e. The van der Waals surface area contributed by atoms with E-state index in [4.69, 9.17) is 28.9 Å². The van der Waals surface area contributed by atoms with Crippen LogP contribution in [0, 0.1) is 0 Å². The highest BCUT2D eigenvalue weighted by atomic mass is 35.5. The molecule has 0 atom stereocenters. The summed E-state index contributed by atoms with van der Waals surface area (Å²) in [5, 5.41) is 3.66. The van der Waals surface area contributed by atoms with Gasteiger partial charge in [-0.05, 0) is 18.2 Å². The zero-order valence-corrected chi connectivity index (χ0v) is 11.9. The number of nitrogens with two attached hydrogens (primary N) is 1. The molecule has 0 aliphatic heterocycles. The number of amidine groups is 1. The average Bonchev–Trinajstić information content (AvgIpc) is 2.88. The minimum atomic E-state index is -4.54. The van der Waals surface area contributed by atoms with Gasteiger partial charge < -0.3 is 5.73 Å². The summed E-state index contributed by atoms with van der Waals surface area (Å²) >= 11 is 11.6. The molecule has 2 N–H and O–H groups in total. The topological polar surface area (TPSA) is 56.2 Å². The molecule has 0 bridgehead atoms. The van der Waals surface area contributed by atoms with Crippen LogP contribution in [0.3, 0.4) is 0 Å². The van der Waals surface area contributed by atoms with Crippen molar-refractivity contribution in [2.45, 2.75) is 6.18 Å². The number of alkyl halides is 4. The molecule has 0 amide bonds. The highest BCUT2D eigenvalue weighted by molar-refractivity contribution is 6.33. The van der Waals surface area contributed by atoms with Gasteiger partial charge >= 0.3 is 6.18 Å². The highest BCUT2D eigenvalue weighted by Gasteiger charge is 2.33. The van der Waals surface area contributed by atoms with Crippen LogP contribution in [-0.2, 0) is 6.18 Å². The van der Waals surface area contributed by atoms with E-state index < -0.39 is 11.9 Å². The van der Waals surface area contributed by atoms with Gasteiger partial charge in [-0.1, -0.05) is 17.7 Å². The van der Waals surface area contributed by atoms with Crippen molar-refractivity contribution >= 4 is 34.7 Å². The lowest BCUT2D eigenvalue weighted by Gasteiger charge is -2.09. The number of rotatable bonds is 3. The highest BCUT2D eigenvalue weighted by Crippen LogP contribution is 2.33. The molecule has 1 aromatic heterocycles. The van der Waals surface area contributed by atoms with Crippen LogP contribution in [0.1, 0.15) is 5.69 Å². The van der Waals surface area contributed by atoms with E-state index in [0.717, 1.165) is 16.9 Å². The summed E-state index contributed by atoms with van der Waals surface area (Å²) in [6, 6.07) is 5.51. The first-order chi connectivity index (χ1) is 9.82. The molecule has 0 fully saturated rings. The van der Waals surface area contributed by atoms with Gasteiger partial charge in [-0.25, -0.2) is 9.67 Å². The molecule has 21 heavy (non-hydrogen) atoms. The molecule has 0 unspecified atom stereocenters. The molecule has 2 aromatic rings. The molecule has 1 heterocycles. The Morgan fingerprint density at radius 1 is 1.33 bits per heavy atom. The van der Waals surface area contributed by atoms with Crippen molar-refractivity contribution in [2.24, 2.45) is 10.7 Å². The third-order valence-electron chi connectivity index (χ3n) is 2.48. The van der Waals surface area contributed by atoms with E-state index in [1.165, 1.54) is 6.07 Å². The lowest BCUT2D eigenvalue weighted by Crippen LogP contribution is -2.12. The third kappa shape index (κ3) is 3.48. The summed E-state index contributed by atoms with van der Waals surface area (Å²) in [5.41, 5.74) is 4.99. The predicted octanol–water partition coefficient (Wildman–Crippen LogP) is 3.77. The zero-order valence-electron chi connectivity index (χ0n) is 10.4. The molecule has 112 valence electrons. The second-order valence-corrected chi connectivity index (χ2v) is 4.66. The minimum absolute atomic E-state index is 0.0150. The number of aliphatic imine (C=N–C) groups is 1. The summed E-state index contributed by atoms with van der Waals surface area (Å²) < 4.78 is 38.8. The summed E-state index contributed by atoms with van der Waals surface area (Å²) in [4.78, 5) is 4.02. The first-order valence-corrected chi connectivity index (χ1v) is 6.55. The fourth-order valence-electron chi connectivity index (χ4n) is 1.61. The molecule has 0 radical (unpaired) electrons. The summed E-state index contributed by atoms with van der Waals surface area (Å²) in [7, 11) is 0. The molecule has 0 spiro atoms. The fourth-order valence-corrected chi connectivity index (χ4v) is 1.92. The molecule has 0 saturated heterocycles. The predicted molar refractivity (Wildman–Crippen MR) is 75.6 cm³/mol. The minimum Gasteiger partial charge on any atom is -0.386 e. The van der Waals surface area contributed by atoms with E-state index in [-0.39, 0.29) is 28.1 Å². The molecule has 0 saturated carbocycles. The van der Waals surface area contributed by atoms with Crippen molar-refractivity contribution < 1.29 is 13.2 Å². The van der Waals surface area contributed by atoms with Crippen LogP contribution in [0.25, 0.3) is 5.69 Å². The van der Waals surface area contributed by atoms with Crippen LogP contribution in [0.4, 0.5) is 18.9 Å². The second kappa shape index (κ2) is 5.95. The molecular weight excluding hydrogens is 328 g/mol. The first-order valence-electron chi connectivity index (χ1n) is 5.63. The Labute approximate surface area is 128 Å². The number of para-hydroxylation sites is 1. The summed E-state index contributed by atoms with van der Waals surface area (Å²) in [6.45, 7) is 0. The third-order valence-corrected chi connectivity index (χ3v) is 3.05. The number of nitrogens with zero attached hydrogens (tertiary/aromatic N) is 3. The quantitative estimate of drug-likeness (QED) is 0.527. The van der Waals surface area contributed by atoms with Gasteiger partial charge in [0.25, 0.3) is 0 Å². The van der Waals surface area contributed by atoms with E-state index in [9.17, 15) is 13.2 Å². The summed E-state index contributed by atoms with van der Waals surface area (Å²) in [6.07, 6.45) is -3.38. The van der Waals surface area contributed by atoms with Crippen LogP contribution < -0.4 is 5.73 Å². The van der Waals surface area contributed by atoms with E-state index in [1.54, 1.807) is 12.1 Å². The second-order valence-electron chi connectivity index (χ2n) is 3.99. The van der Waals surface area contributed by atoms with E-state index in [0.29, 0.717) is 0 Å². The SMILES string of the molecule is NC(CCl)=Nc1cccc(Cl)c1-n1ccc(C(F)(F)F)n1. The summed E-state index contributed by atoms with van der Waals surface area (Å²) in [5.74, 6) is 0.0992. The Kier molecular flexibility index (Phi) is 4.43. The van der Waals surface area contributed by atoms with Gasteiger partial charge in [-0.2, -0.15) is 18.3 Å². The Bertz CT molecular complexity index is 679. The maximum atomic E-state index is 12.6. The van der Waals surface area contributed by atoms with E-state index in [2.05, 4.69) is 10.1 Å². The lowest BCUT2D eigenvalue weighted by atomic mass is 10.2. The Balaban J connectivity index is 2.56. The Morgan fingerprint density at radius 3 is 2.62 bits per heavy atom. The van der Waals surface area contributed by atoms with Crippen molar-refractivity contribution in [3.8, 4) is 5.69 Å². The van der Waals surface area contributed by atoms with Gasteiger partial charge in [-0.3, -0.25) is 0 Å². The maximum Gasteiger partial charge on any atom is 0.435 e. The van der Waals surface area contributed by atoms with Gasteiger partial charge in [0.15, 0.2) is 5.69 Å². The van der Waals surface area contributed by atoms with Crippen molar-refractivity contribution in [3.05, 3.63) is 41.2 Å². The van der Waals surface area contributed by atoms with Gasteiger partial charge in [-0.15, -0.1) is 11.6 Å². The van der Waals surface area contributed by atoms with Crippen LogP contribution >= 0.6 is 23.2 Å². The van der Waals surface area contributed by atoms with Gasteiger partial charge in [0.05, 0.1) is 16.6 Å². The number of aromatic nitrogens is 2. The monoisotopic (exact) mass is 336 g/mol. The van der Waals surface area contributed by atoms with Gasteiger partial charge in [0, 0.05) is 6.20 Å². The van der Waals surface area contributed by atoms with Crippen molar-refractivity contribution in [2.75, 3.05) is 5.88 Å². The maximum absolute atomic E-state index is 12.6. The first kappa shape index (κ1) is 15.7. The Morgan fingerprint density at radius 2 is 2.05 bits per heavy atom. The standard InChI is InChI=1S/C12H9Cl2F3N4/c13-6-10(18)19-8-3-1-2-7(14)11(8)21-5-4-9(20-21)12(15,16)17/h1-5H,6H2,(H2,18,19). The van der Waals surface area contributed by atoms with Crippen molar-refractivity contribution in [1.29, 1.82) is 0 Å². The molecule has 9 heteroatoms. The number of benzene rings is 1.